The highest BCUT2D eigenvalue weighted by molar-refractivity contribution is 5.90. The number of aromatic hydroxyl groups is 1. The third-order valence-electron chi connectivity index (χ3n) is 5.25. The maximum absolute atomic E-state index is 14.7. The fraction of sp³-hybridized carbons (Fsp3) is 0.280. The van der Waals surface area contributed by atoms with Gasteiger partial charge in [0.1, 0.15) is 5.75 Å². The second-order valence-corrected chi connectivity index (χ2v) is 7.43. The van der Waals surface area contributed by atoms with Crippen LogP contribution in [-0.4, -0.2) is 11.5 Å². The molecule has 2 nitrogen and oxygen atoms in total. The van der Waals surface area contributed by atoms with Crippen molar-refractivity contribution < 1.29 is 31.8 Å². The van der Waals surface area contributed by atoms with Crippen molar-refractivity contribution >= 4 is 0 Å². The predicted molar refractivity (Wildman–Crippen MR) is 114 cm³/mol. The third kappa shape index (κ3) is 5.03. The van der Waals surface area contributed by atoms with Crippen molar-refractivity contribution in [3.05, 3.63) is 71.3 Å². The Hall–Kier alpha value is -3.09. The summed E-state index contributed by atoms with van der Waals surface area (Å²) in [6.07, 6.45) is -1.77. The highest BCUT2D eigenvalue weighted by atomic mass is 19.4. The number of hydrogen-bond donors (Lipinski definition) is 1. The fourth-order valence-corrected chi connectivity index (χ4v) is 3.70. The summed E-state index contributed by atoms with van der Waals surface area (Å²) in [7, 11) is 0. The van der Waals surface area contributed by atoms with E-state index in [0.717, 1.165) is 37.0 Å². The van der Waals surface area contributed by atoms with Crippen molar-refractivity contribution in [2.75, 3.05) is 0 Å². The first-order chi connectivity index (χ1) is 15.2. The normalized spacial score (nSPS) is 11.6. The zero-order chi connectivity index (χ0) is 23.5. The van der Waals surface area contributed by atoms with Gasteiger partial charge in [0.25, 0.3) is 0 Å². The van der Waals surface area contributed by atoms with E-state index >= 15 is 0 Å². The lowest BCUT2D eigenvalue weighted by molar-refractivity contribution is -0.274. The van der Waals surface area contributed by atoms with Gasteiger partial charge in [-0.25, -0.2) is 4.39 Å². The van der Waals surface area contributed by atoms with E-state index < -0.39 is 29.5 Å². The Labute approximate surface area is 183 Å². The molecule has 170 valence electrons. The van der Waals surface area contributed by atoms with Crippen LogP contribution in [0, 0.1) is 11.6 Å². The minimum atomic E-state index is -4.86. The molecule has 32 heavy (non-hydrogen) atoms. The van der Waals surface area contributed by atoms with Gasteiger partial charge in [-0.15, -0.1) is 13.2 Å². The molecule has 7 heteroatoms. The van der Waals surface area contributed by atoms with Crippen molar-refractivity contribution in [3.8, 4) is 33.8 Å². The minimum absolute atomic E-state index is 0.0145. The molecule has 0 aliphatic carbocycles. The first-order valence-electron chi connectivity index (χ1n) is 10.3. The number of ether oxygens (including phenoxy) is 1. The van der Waals surface area contributed by atoms with Gasteiger partial charge in [0, 0.05) is 5.56 Å². The topological polar surface area (TPSA) is 29.5 Å². The molecule has 1 N–H and O–H groups in total. The van der Waals surface area contributed by atoms with Crippen LogP contribution in [0.25, 0.3) is 22.3 Å². The maximum atomic E-state index is 14.7. The number of hydrogen-bond acceptors (Lipinski definition) is 2. The maximum Gasteiger partial charge on any atom is 0.573 e. The molecule has 0 unspecified atom stereocenters. The van der Waals surface area contributed by atoms with Crippen molar-refractivity contribution in [1.82, 2.24) is 0 Å². The number of aryl methyl sites for hydroxylation is 1. The Bertz CT molecular complexity index is 1070. The molecule has 0 saturated heterocycles. The van der Waals surface area contributed by atoms with Crippen LogP contribution >= 0.6 is 0 Å². The van der Waals surface area contributed by atoms with Crippen molar-refractivity contribution in [2.24, 2.45) is 0 Å². The molecule has 3 aromatic rings. The summed E-state index contributed by atoms with van der Waals surface area (Å²) in [5, 5.41) is 10.5. The average molecular weight is 450 g/mol. The molecule has 0 atom stereocenters. The van der Waals surface area contributed by atoms with Crippen LogP contribution < -0.4 is 4.74 Å². The van der Waals surface area contributed by atoms with E-state index in [1.807, 2.05) is 12.1 Å². The zero-order valence-electron chi connectivity index (χ0n) is 17.7. The molecule has 3 rings (SSSR count). The van der Waals surface area contributed by atoms with Gasteiger partial charge in [-0.05, 0) is 59.2 Å². The second-order valence-electron chi connectivity index (χ2n) is 7.43. The lowest BCUT2D eigenvalue weighted by Gasteiger charge is -2.19. The Morgan fingerprint density at radius 1 is 0.812 bits per heavy atom. The van der Waals surface area contributed by atoms with Gasteiger partial charge < -0.3 is 9.84 Å². The van der Waals surface area contributed by atoms with E-state index in [2.05, 4.69) is 11.7 Å². The third-order valence-corrected chi connectivity index (χ3v) is 5.25. The summed E-state index contributed by atoms with van der Waals surface area (Å²) >= 11 is 0. The summed E-state index contributed by atoms with van der Waals surface area (Å²) in [5.74, 6) is -3.89. The lowest BCUT2D eigenvalue weighted by Crippen LogP contribution is -2.16. The van der Waals surface area contributed by atoms with Crippen molar-refractivity contribution in [2.45, 2.75) is 45.9 Å². The number of phenolic OH excluding ortho intramolecular Hbond substituents is 1. The van der Waals surface area contributed by atoms with Gasteiger partial charge in [-0.1, -0.05) is 56.7 Å². The molecule has 0 aromatic heterocycles. The van der Waals surface area contributed by atoms with Crippen LogP contribution in [-0.2, 0) is 12.8 Å². The Balaban J connectivity index is 2.16. The number of alkyl halides is 3. The van der Waals surface area contributed by atoms with Crippen molar-refractivity contribution in [1.29, 1.82) is 0 Å². The van der Waals surface area contributed by atoms with Crippen LogP contribution in [0.5, 0.6) is 11.5 Å². The molecular formula is C25H23F5O2. The molecule has 0 aliphatic heterocycles. The van der Waals surface area contributed by atoms with E-state index in [-0.39, 0.29) is 23.1 Å². The monoisotopic (exact) mass is 450 g/mol. The van der Waals surface area contributed by atoms with E-state index in [1.54, 1.807) is 19.1 Å². The van der Waals surface area contributed by atoms with Crippen LogP contribution in [0.15, 0.2) is 48.5 Å². The summed E-state index contributed by atoms with van der Waals surface area (Å²) in [5.41, 5.74) is 2.29. The van der Waals surface area contributed by atoms with Gasteiger partial charge in [0.15, 0.2) is 11.6 Å². The van der Waals surface area contributed by atoms with Crippen LogP contribution in [0.1, 0.15) is 37.8 Å². The van der Waals surface area contributed by atoms with Gasteiger partial charge in [0.05, 0.1) is 0 Å². The SMILES string of the molecule is CCCCc1ccc(-c2c(CC)c(F)c(F)c(O)c2-c2ccc(OC(F)(F)F)cc2)cc1. The Kier molecular flexibility index (Phi) is 7.06. The molecule has 0 amide bonds. The standard InChI is InChI=1S/C25H23F5O2/c1-3-5-6-15-7-9-16(10-8-15)20-19(4-2)22(26)23(27)24(31)21(20)17-11-13-18(14-12-17)32-25(28,29)30/h7-14,31H,3-6H2,1-2H3. The molecule has 0 bridgehead atoms. The lowest BCUT2D eigenvalue weighted by atomic mass is 9.87. The minimum Gasteiger partial charge on any atom is -0.504 e. The molecule has 3 aromatic carbocycles. The number of benzene rings is 3. The molecular weight excluding hydrogens is 427 g/mol. The molecule has 0 heterocycles. The largest absolute Gasteiger partial charge is 0.573 e. The zero-order valence-corrected chi connectivity index (χ0v) is 17.7. The molecule has 0 aliphatic rings. The summed E-state index contributed by atoms with van der Waals surface area (Å²) in [4.78, 5) is 0. The van der Waals surface area contributed by atoms with Gasteiger partial charge in [-0.2, -0.15) is 4.39 Å². The molecule has 0 spiro atoms. The summed E-state index contributed by atoms with van der Waals surface area (Å²) in [6, 6.07) is 12.0. The van der Waals surface area contributed by atoms with Gasteiger partial charge >= 0.3 is 6.36 Å². The Morgan fingerprint density at radius 2 is 1.38 bits per heavy atom. The highest BCUT2D eigenvalue weighted by Gasteiger charge is 2.31. The highest BCUT2D eigenvalue weighted by Crippen LogP contribution is 2.45. The van der Waals surface area contributed by atoms with E-state index in [1.165, 1.54) is 12.1 Å². The molecule has 0 fully saturated rings. The van der Waals surface area contributed by atoms with Gasteiger partial charge in [-0.3, -0.25) is 0 Å². The van der Waals surface area contributed by atoms with Gasteiger partial charge in [0.2, 0.25) is 5.82 Å². The number of rotatable bonds is 7. The summed E-state index contributed by atoms with van der Waals surface area (Å²) in [6.45, 7) is 3.75. The van der Waals surface area contributed by atoms with E-state index in [0.29, 0.717) is 11.1 Å². The molecule has 0 saturated carbocycles. The Morgan fingerprint density at radius 3 is 1.91 bits per heavy atom. The van der Waals surface area contributed by atoms with E-state index in [4.69, 9.17) is 0 Å². The van der Waals surface area contributed by atoms with Crippen LogP contribution in [0.4, 0.5) is 22.0 Å². The number of halogens is 5. The van der Waals surface area contributed by atoms with E-state index in [9.17, 15) is 27.1 Å². The first kappa shape index (κ1) is 23.6. The smallest absolute Gasteiger partial charge is 0.504 e. The summed E-state index contributed by atoms with van der Waals surface area (Å²) < 4.78 is 70.5. The number of unbranched alkanes of at least 4 members (excludes halogenated alkanes) is 1. The van der Waals surface area contributed by atoms with Crippen LogP contribution in [0.2, 0.25) is 0 Å². The first-order valence-corrected chi connectivity index (χ1v) is 10.3. The average Bonchev–Trinajstić information content (AvgIpc) is 2.76. The van der Waals surface area contributed by atoms with Crippen LogP contribution in [0.3, 0.4) is 0 Å². The number of phenols is 1. The second kappa shape index (κ2) is 9.59. The quantitative estimate of drug-likeness (QED) is 0.372. The molecule has 0 radical (unpaired) electrons. The van der Waals surface area contributed by atoms with Crippen molar-refractivity contribution in [3.63, 3.8) is 0 Å². The predicted octanol–water partition coefficient (Wildman–Crippen LogP) is 7.81. The fourth-order valence-electron chi connectivity index (χ4n) is 3.70.